The maximum Gasteiger partial charge on any atom is 0.407 e. The van der Waals surface area contributed by atoms with Crippen molar-refractivity contribution >= 4 is 12.1 Å². The van der Waals surface area contributed by atoms with Crippen LogP contribution < -0.4 is 11.0 Å². The first kappa shape index (κ1) is 18.5. The van der Waals surface area contributed by atoms with Crippen molar-refractivity contribution in [3.05, 3.63) is 82.0 Å². The number of aromatic nitrogens is 2. The van der Waals surface area contributed by atoms with E-state index in [0.717, 1.165) is 22.3 Å². The van der Waals surface area contributed by atoms with Crippen LogP contribution in [-0.2, 0) is 16.0 Å². The second kappa shape index (κ2) is 7.67. The number of carbonyl (C=O) groups is 2. The quantitative estimate of drug-likeness (QED) is 0.511. The monoisotopic (exact) mass is 393 g/mol. The van der Waals surface area contributed by atoms with E-state index >= 15 is 0 Å². The van der Waals surface area contributed by atoms with Crippen LogP contribution in [0.3, 0.4) is 0 Å². The molecule has 3 aromatic rings. The molecule has 1 atom stereocenters. The van der Waals surface area contributed by atoms with E-state index in [1.807, 2.05) is 48.5 Å². The predicted molar refractivity (Wildman–Crippen MR) is 105 cm³/mol. The molecule has 0 aliphatic heterocycles. The summed E-state index contributed by atoms with van der Waals surface area (Å²) in [6.45, 7) is 0.0905. The minimum Gasteiger partial charge on any atom is -0.480 e. The third kappa shape index (κ3) is 3.77. The lowest BCUT2D eigenvalue weighted by Gasteiger charge is -2.17. The van der Waals surface area contributed by atoms with Gasteiger partial charge in [-0.3, -0.25) is 0 Å². The molecule has 2 aromatic carbocycles. The topological polar surface area (TPSA) is 124 Å². The fourth-order valence-corrected chi connectivity index (χ4v) is 3.68. The SMILES string of the molecule is O=C(N[C@@H](Cc1c[nH]c(=O)[nH]1)C(=O)O)OCC1c2ccccc2-c2ccccc21. The van der Waals surface area contributed by atoms with Crippen molar-refractivity contribution in [1.29, 1.82) is 0 Å². The van der Waals surface area contributed by atoms with Crippen LogP contribution in [0.25, 0.3) is 11.1 Å². The average molecular weight is 393 g/mol. The second-order valence-corrected chi connectivity index (χ2v) is 6.83. The first-order valence-electron chi connectivity index (χ1n) is 9.14. The summed E-state index contributed by atoms with van der Waals surface area (Å²) in [5.74, 6) is -1.34. The van der Waals surface area contributed by atoms with Gasteiger partial charge in [-0.05, 0) is 22.3 Å². The average Bonchev–Trinajstić information content (AvgIpc) is 3.27. The minimum absolute atomic E-state index is 0.0712. The summed E-state index contributed by atoms with van der Waals surface area (Å²) in [7, 11) is 0. The lowest BCUT2D eigenvalue weighted by atomic mass is 9.98. The number of fused-ring (bicyclic) bond motifs is 3. The summed E-state index contributed by atoms with van der Waals surface area (Å²) in [5.41, 5.74) is 4.29. The van der Waals surface area contributed by atoms with Crippen LogP contribution in [0.4, 0.5) is 4.79 Å². The molecule has 0 radical (unpaired) electrons. The van der Waals surface area contributed by atoms with Gasteiger partial charge in [0.2, 0.25) is 0 Å². The van der Waals surface area contributed by atoms with Crippen LogP contribution in [0.2, 0.25) is 0 Å². The number of ether oxygens (including phenoxy) is 1. The number of rotatable bonds is 6. The Balaban J connectivity index is 1.44. The molecule has 0 saturated heterocycles. The number of amides is 1. The summed E-state index contributed by atoms with van der Waals surface area (Å²) >= 11 is 0. The first-order valence-corrected chi connectivity index (χ1v) is 9.14. The van der Waals surface area contributed by atoms with Gasteiger partial charge in [0, 0.05) is 24.2 Å². The zero-order valence-corrected chi connectivity index (χ0v) is 15.3. The standard InChI is InChI=1S/C21H19N3O5/c25-19(26)18(9-12-10-22-20(27)23-12)24-21(28)29-11-17-15-7-3-1-5-13(15)14-6-2-4-8-16(14)17/h1-8,10,17-18H,9,11H2,(H,24,28)(H,25,26)(H2,22,23,27)/t18-/m0/s1. The summed E-state index contributed by atoms with van der Waals surface area (Å²) in [4.78, 5) is 39.7. The van der Waals surface area contributed by atoms with Crippen molar-refractivity contribution in [2.45, 2.75) is 18.4 Å². The van der Waals surface area contributed by atoms with Crippen molar-refractivity contribution in [1.82, 2.24) is 15.3 Å². The summed E-state index contributed by atoms with van der Waals surface area (Å²) in [6.07, 6.45) is 0.479. The number of aromatic amines is 2. The molecule has 1 aliphatic rings. The molecule has 1 amide bonds. The molecule has 8 nitrogen and oxygen atoms in total. The third-order valence-corrected chi connectivity index (χ3v) is 5.01. The van der Waals surface area contributed by atoms with E-state index in [-0.39, 0.29) is 18.9 Å². The molecule has 0 fully saturated rings. The predicted octanol–water partition coefficient (Wildman–Crippen LogP) is 2.24. The number of hydrogen-bond acceptors (Lipinski definition) is 4. The Morgan fingerprint density at radius 3 is 2.24 bits per heavy atom. The minimum atomic E-state index is -1.22. The number of carboxylic acid groups (broad SMARTS) is 1. The third-order valence-electron chi connectivity index (χ3n) is 5.01. The van der Waals surface area contributed by atoms with Crippen molar-refractivity contribution < 1.29 is 19.4 Å². The largest absolute Gasteiger partial charge is 0.480 e. The zero-order valence-electron chi connectivity index (χ0n) is 15.3. The van der Waals surface area contributed by atoms with E-state index in [1.165, 1.54) is 6.20 Å². The molecular formula is C21H19N3O5. The van der Waals surface area contributed by atoms with Crippen LogP contribution in [0.5, 0.6) is 0 Å². The molecule has 0 bridgehead atoms. The lowest BCUT2D eigenvalue weighted by Crippen LogP contribution is -2.43. The smallest absolute Gasteiger partial charge is 0.407 e. The number of nitrogens with one attached hydrogen (secondary N) is 3. The number of hydrogen-bond donors (Lipinski definition) is 4. The van der Waals surface area contributed by atoms with E-state index in [2.05, 4.69) is 15.3 Å². The van der Waals surface area contributed by atoms with Gasteiger partial charge in [-0.1, -0.05) is 48.5 Å². The molecule has 4 rings (SSSR count). The Kier molecular flexibility index (Phi) is 4.90. The van der Waals surface area contributed by atoms with Gasteiger partial charge in [0.1, 0.15) is 12.6 Å². The van der Waals surface area contributed by atoms with Crippen LogP contribution in [0.1, 0.15) is 22.7 Å². The van der Waals surface area contributed by atoms with Crippen LogP contribution in [0, 0.1) is 0 Å². The Morgan fingerprint density at radius 1 is 1.07 bits per heavy atom. The van der Waals surface area contributed by atoms with Crippen LogP contribution in [-0.4, -0.2) is 39.8 Å². The maximum atomic E-state index is 12.3. The highest BCUT2D eigenvalue weighted by molar-refractivity contribution is 5.81. The molecule has 8 heteroatoms. The Hall–Kier alpha value is -3.81. The molecular weight excluding hydrogens is 374 g/mol. The van der Waals surface area contributed by atoms with Gasteiger partial charge in [-0.25, -0.2) is 14.4 Å². The number of carboxylic acids is 1. The zero-order chi connectivity index (χ0) is 20.4. The number of H-pyrrole nitrogens is 2. The second-order valence-electron chi connectivity index (χ2n) is 6.83. The lowest BCUT2D eigenvalue weighted by molar-refractivity contribution is -0.139. The van der Waals surface area contributed by atoms with Gasteiger partial charge in [0.15, 0.2) is 0 Å². The van der Waals surface area contributed by atoms with Crippen molar-refractivity contribution in [2.75, 3.05) is 6.61 Å². The van der Waals surface area contributed by atoms with Crippen molar-refractivity contribution in [2.24, 2.45) is 0 Å². The number of benzene rings is 2. The molecule has 0 saturated carbocycles. The van der Waals surface area contributed by atoms with E-state index in [1.54, 1.807) is 0 Å². The Bertz CT molecular complexity index is 1070. The maximum absolute atomic E-state index is 12.3. The highest BCUT2D eigenvalue weighted by Crippen LogP contribution is 2.44. The van der Waals surface area contributed by atoms with Gasteiger partial charge < -0.3 is 25.1 Å². The summed E-state index contributed by atoms with van der Waals surface area (Å²) in [5, 5.41) is 11.7. The fourth-order valence-electron chi connectivity index (χ4n) is 3.68. The van der Waals surface area contributed by atoms with Gasteiger partial charge in [-0.2, -0.15) is 0 Å². The molecule has 0 unspecified atom stereocenters. The normalized spacial score (nSPS) is 13.4. The Labute approximate surface area is 165 Å². The van der Waals surface area contributed by atoms with Crippen molar-refractivity contribution in [3.8, 4) is 11.1 Å². The number of aliphatic carboxylic acids is 1. The molecule has 0 spiro atoms. The molecule has 1 heterocycles. The van der Waals surface area contributed by atoms with E-state index in [4.69, 9.17) is 4.74 Å². The molecule has 1 aromatic heterocycles. The molecule has 148 valence electrons. The highest BCUT2D eigenvalue weighted by atomic mass is 16.5. The molecule has 1 aliphatic carbocycles. The number of alkyl carbamates (subject to hydrolysis) is 1. The van der Waals surface area contributed by atoms with E-state index in [9.17, 15) is 19.5 Å². The van der Waals surface area contributed by atoms with Gasteiger partial charge in [0.25, 0.3) is 0 Å². The van der Waals surface area contributed by atoms with Gasteiger partial charge >= 0.3 is 17.8 Å². The molecule has 4 N–H and O–H groups in total. The Morgan fingerprint density at radius 2 is 1.69 bits per heavy atom. The summed E-state index contributed by atoms with van der Waals surface area (Å²) < 4.78 is 5.37. The highest BCUT2D eigenvalue weighted by Gasteiger charge is 2.29. The number of carbonyl (C=O) groups excluding carboxylic acids is 1. The fraction of sp³-hybridized carbons (Fsp3) is 0.190. The van der Waals surface area contributed by atoms with Crippen LogP contribution >= 0.6 is 0 Å². The van der Waals surface area contributed by atoms with E-state index < -0.39 is 23.8 Å². The molecule has 29 heavy (non-hydrogen) atoms. The van der Waals surface area contributed by atoms with Gasteiger partial charge in [-0.15, -0.1) is 0 Å². The first-order chi connectivity index (χ1) is 14.0. The van der Waals surface area contributed by atoms with E-state index in [0.29, 0.717) is 5.69 Å². The van der Waals surface area contributed by atoms with Crippen LogP contribution in [0.15, 0.2) is 59.5 Å². The number of imidazole rings is 1. The van der Waals surface area contributed by atoms with Crippen molar-refractivity contribution in [3.63, 3.8) is 0 Å². The van der Waals surface area contributed by atoms with Gasteiger partial charge in [0.05, 0.1) is 0 Å². The summed E-state index contributed by atoms with van der Waals surface area (Å²) in [6, 6.07) is 14.7.